The van der Waals surface area contributed by atoms with Gasteiger partial charge in [-0.25, -0.2) is 17.8 Å². The van der Waals surface area contributed by atoms with E-state index in [9.17, 15) is 17.6 Å². The summed E-state index contributed by atoms with van der Waals surface area (Å²) in [4.78, 5) is 20.4. The monoisotopic (exact) mass is 397 g/mol. The maximum absolute atomic E-state index is 13.2. The average molecular weight is 398 g/mol. The smallest absolute Gasteiger partial charge is 0.255 e. The highest BCUT2D eigenvalue weighted by Crippen LogP contribution is 2.24. The number of benzene rings is 1. The second-order valence-corrected chi connectivity index (χ2v) is 8.39. The molecule has 1 aliphatic rings. The summed E-state index contributed by atoms with van der Waals surface area (Å²) in [6, 6.07) is 6.77. The van der Waals surface area contributed by atoms with Crippen LogP contribution >= 0.6 is 11.6 Å². The third-order valence-corrected chi connectivity index (χ3v) is 5.61. The molecule has 138 valence electrons. The lowest BCUT2D eigenvalue weighted by molar-refractivity contribution is 0.0746. The number of nitrogens with zero attached hydrogens (tertiary/aromatic N) is 3. The van der Waals surface area contributed by atoms with Crippen LogP contribution in [0.25, 0.3) is 0 Å². The fourth-order valence-electron chi connectivity index (χ4n) is 2.86. The predicted octanol–water partition coefficient (Wildman–Crippen LogP) is 2.24. The Morgan fingerprint density at radius 2 is 1.88 bits per heavy atom. The average Bonchev–Trinajstić information content (AvgIpc) is 2.61. The Balaban J connectivity index is 1.75. The number of hydrogen-bond donors (Lipinski definition) is 0. The molecule has 3 rings (SSSR count). The van der Waals surface area contributed by atoms with Crippen molar-refractivity contribution < 1.29 is 17.6 Å². The lowest BCUT2D eigenvalue weighted by Crippen LogP contribution is -2.49. The predicted molar refractivity (Wildman–Crippen MR) is 96.9 cm³/mol. The van der Waals surface area contributed by atoms with E-state index in [1.54, 1.807) is 17.2 Å². The molecule has 0 radical (unpaired) electrons. The molecule has 1 amide bonds. The maximum atomic E-state index is 13.2. The second kappa shape index (κ2) is 7.20. The zero-order valence-electron chi connectivity index (χ0n) is 14.0. The molecule has 9 heteroatoms. The van der Waals surface area contributed by atoms with Gasteiger partial charge in [0.1, 0.15) is 16.5 Å². The van der Waals surface area contributed by atoms with E-state index in [2.05, 4.69) is 4.98 Å². The fraction of sp³-hybridized carbons (Fsp3) is 0.294. The van der Waals surface area contributed by atoms with Gasteiger partial charge in [-0.2, -0.15) is 0 Å². The van der Waals surface area contributed by atoms with Crippen molar-refractivity contribution in [2.75, 3.05) is 37.3 Å². The molecular weight excluding hydrogens is 381 g/mol. The highest BCUT2D eigenvalue weighted by Gasteiger charge is 2.27. The molecule has 1 saturated heterocycles. The van der Waals surface area contributed by atoms with Crippen molar-refractivity contribution in [3.05, 3.63) is 52.9 Å². The number of piperazine rings is 1. The molecule has 1 aliphatic heterocycles. The van der Waals surface area contributed by atoms with Gasteiger partial charge in [-0.1, -0.05) is 11.6 Å². The van der Waals surface area contributed by atoms with Gasteiger partial charge >= 0.3 is 0 Å². The minimum atomic E-state index is -3.40. The van der Waals surface area contributed by atoms with Crippen LogP contribution in [-0.2, 0) is 9.84 Å². The summed E-state index contributed by atoms with van der Waals surface area (Å²) in [6.45, 7) is 1.63. The van der Waals surface area contributed by atoms with Crippen molar-refractivity contribution in [1.82, 2.24) is 9.88 Å². The van der Waals surface area contributed by atoms with Gasteiger partial charge in [-0.3, -0.25) is 4.79 Å². The number of halogens is 2. The Hall–Kier alpha value is -2.19. The third kappa shape index (κ3) is 3.81. The van der Waals surface area contributed by atoms with Crippen molar-refractivity contribution in [3.63, 3.8) is 0 Å². The van der Waals surface area contributed by atoms with E-state index in [4.69, 9.17) is 11.6 Å². The molecule has 2 heterocycles. The summed E-state index contributed by atoms with van der Waals surface area (Å²) in [5.74, 6) is -0.388. The summed E-state index contributed by atoms with van der Waals surface area (Å²) in [5.41, 5.74) is 0.246. The van der Waals surface area contributed by atoms with E-state index in [0.717, 1.165) is 12.3 Å². The SMILES string of the molecule is CS(=O)(=O)c1cccnc1N1CCN(C(=O)c2ccc(F)cc2Cl)CC1. The van der Waals surface area contributed by atoms with Crippen LogP contribution in [0, 0.1) is 5.82 Å². The van der Waals surface area contributed by atoms with Crippen LogP contribution in [0.4, 0.5) is 10.2 Å². The number of sulfone groups is 1. The number of amides is 1. The van der Waals surface area contributed by atoms with Crippen molar-refractivity contribution in [3.8, 4) is 0 Å². The van der Waals surface area contributed by atoms with Crippen LogP contribution in [0.15, 0.2) is 41.4 Å². The minimum absolute atomic E-state index is 0.0709. The third-order valence-electron chi connectivity index (χ3n) is 4.18. The van der Waals surface area contributed by atoms with Gasteiger partial charge in [-0.15, -0.1) is 0 Å². The van der Waals surface area contributed by atoms with Gasteiger partial charge in [0.2, 0.25) is 0 Å². The van der Waals surface area contributed by atoms with Gasteiger partial charge in [-0.05, 0) is 30.3 Å². The fourth-order valence-corrected chi connectivity index (χ4v) is 3.95. The van der Waals surface area contributed by atoms with Crippen LogP contribution in [0.3, 0.4) is 0 Å². The first-order valence-corrected chi connectivity index (χ1v) is 10.2. The molecule has 0 N–H and O–H groups in total. The van der Waals surface area contributed by atoms with Crippen molar-refractivity contribution in [1.29, 1.82) is 0 Å². The van der Waals surface area contributed by atoms with E-state index in [-0.39, 0.29) is 21.4 Å². The molecule has 1 aromatic carbocycles. The number of carbonyl (C=O) groups excluding carboxylic acids is 1. The van der Waals surface area contributed by atoms with Crippen LogP contribution in [0.2, 0.25) is 5.02 Å². The second-order valence-electron chi connectivity index (χ2n) is 6.00. The Labute approximate surface area is 156 Å². The molecule has 0 aliphatic carbocycles. The van der Waals surface area contributed by atoms with Crippen LogP contribution in [0.5, 0.6) is 0 Å². The minimum Gasteiger partial charge on any atom is -0.352 e. The first kappa shape index (κ1) is 18.6. The highest BCUT2D eigenvalue weighted by molar-refractivity contribution is 7.90. The van der Waals surface area contributed by atoms with Gasteiger partial charge < -0.3 is 9.80 Å². The van der Waals surface area contributed by atoms with Crippen LogP contribution in [-0.4, -0.2) is 56.6 Å². The first-order valence-electron chi connectivity index (χ1n) is 7.92. The molecule has 2 aromatic rings. The van der Waals surface area contributed by atoms with Crippen LogP contribution < -0.4 is 4.90 Å². The standard InChI is InChI=1S/C17H17ClFN3O3S/c1-26(24,25)15-3-2-6-20-16(15)21-7-9-22(10-8-21)17(23)13-5-4-12(19)11-14(13)18/h2-6,11H,7-10H2,1H3. The molecule has 0 unspecified atom stereocenters. The molecule has 26 heavy (non-hydrogen) atoms. The van der Waals surface area contributed by atoms with Crippen molar-refractivity contribution >= 4 is 33.2 Å². The molecule has 0 saturated carbocycles. The number of carbonyl (C=O) groups is 1. The van der Waals surface area contributed by atoms with Crippen LogP contribution in [0.1, 0.15) is 10.4 Å². The van der Waals surface area contributed by atoms with Gasteiger partial charge in [0.05, 0.1) is 10.6 Å². The molecule has 6 nitrogen and oxygen atoms in total. The Bertz CT molecular complexity index is 944. The summed E-state index contributed by atoms with van der Waals surface area (Å²) < 4.78 is 37.0. The molecular formula is C17H17ClFN3O3S. The van der Waals surface area contributed by atoms with E-state index < -0.39 is 15.7 Å². The van der Waals surface area contributed by atoms with E-state index in [1.807, 2.05) is 4.90 Å². The van der Waals surface area contributed by atoms with Gasteiger partial charge in [0.25, 0.3) is 5.91 Å². The first-order chi connectivity index (χ1) is 12.3. The summed E-state index contributed by atoms with van der Waals surface area (Å²) in [7, 11) is -3.40. The zero-order valence-corrected chi connectivity index (χ0v) is 15.6. The normalized spacial score (nSPS) is 15.2. The van der Waals surface area contributed by atoms with Crippen molar-refractivity contribution in [2.45, 2.75) is 4.90 Å². The lowest BCUT2D eigenvalue weighted by atomic mass is 10.1. The van der Waals surface area contributed by atoms with Crippen molar-refractivity contribution in [2.24, 2.45) is 0 Å². The molecule has 1 aromatic heterocycles. The quantitative estimate of drug-likeness (QED) is 0.794. The Morgan fingerprint density at radius 1 is 1.19 bits per heavy atom. The number of rotatable bonds is 3. The number of anilines is 1. The number of hydrogen-bond acceptors (Lipinski definition) is 5. The van der Waals surface area contributed by atoms with Gasteiger partial charge in [0.15, 0.2) is 9.84 Å². The Morgan fingerprint density at radius 3 is 2.50 bits per heavy atom. The van der Waals surface area contributed by atoms with E-state index in [0.29, 0.717) is 32.0 Å². The summed E-state index contributed by atoms with van der Waals surface area (Å²) >= 11 is 5.96. The summed E-state index contributed by atoms with van der Waals surface area (Å²) in [5, 5.41) is 0.0709. The summed E-state index contributed by atoms with van der Waals surface area (Å²) in [6.07, 6.45) is 2.68. The molecule has 0 spiro atoms. The molecule has 0 atom stereocenters. The van der Waals surface area contributed by atoms with E-state index >= 15 is 0 Å². The van der Waals surface area contributed by atoms with Gasteiger partial charge in [0, 0.05) is 38.6 Å². The number of pyridine rings is 1. The maximum Gasteiger partial charge on any atom is 0.255 e. The topological polar surface area (TPSA) is 70.6 Å². The van der Waals surface area contributed by atoms with E-state index in [1.165, 1.54) is 18.2 Å². The number of aromatic nitrogens is 1. The highest BCUT2D eigenvalue weighted by atomic mass is 35.5. The zero-order chi connectivity index (χ0) is 18.9. The Kier molecular flexibility index (Phi) is 5.15. The largest absolute Gasteiger partial charge is 0.352 e. The molecule has 0 bridgehead atoms. The molecule has 1 fully saturated rings. The lowest BCUT2D eigenvalue weighted by Gasteiger charge is -2.36.